The van der Waals surface area contributed by atoms with E-state index in [-0.39, 0.29) is 5.75 Å². The van der Waals surface area contributed by atoms with Gasteiger partial charge in [0.1, 0.15) is 10.8 Å². The van der Waals surface area contributed by atoms with Gasteiger partial charge in [-0.25, -0.2) is 4.98 Å². The van der Waals surface area contributed by atoms with Gasteiger partial charge in [0.05, 0.1) is 0 Å². The van der Waals surface area contributed by atoms with Gasteiger partial charge in [0.15, 0.2) is 0 Å². The topological polar surface area (TPSA) is 33.1 Å². The molecule has 0 aliphatic heterocycles. The number of aromatic nitrogens is 1. The first kappa shape index (κ1) is 12.0. The zero-order valence-electron chi connectivity index (χ0n) is 9.92. The van der Waals surface area contributed by atoms with Gasteiger partial charge in [0.2, 0.25) is 0 Å². The Morgan fingerprint density at radius 2 is 1.82 bits per heavy atom. The molecule has 0 aliphatic rings. The molecule has 88 valence electrons. The van der Waals surface area contributed by atoms with Crippen molar-refractivity contribution in [3.05, 3.63) is 42.6 Å². The summed E-state index contributed by atoms with van der Waals surface area (Å²) < 4.78 is 0. The molecule has 0 fully saturated rings. The molecule has 0 atom stereocenters. The molecule has 0 saturated carbocycles. The van der Waals surface area contributed by atoms with Gasteiger partial charge in [0.25, 0.3) is 0 Å². The zero-order valence-corrected chi connectivity index (χ0v) is 10.7. The molecular formula is C14H15NOS. The van der Waals surface area contributed by atoms with Crippen LogP contribution in [0.15, 0.2) is 47.6 Å². The van der Waals surface area contributed by atoms with E-state index < -0.39 is 0 Å². The summed E-state index contributed by atoms with van der Waals surface area (Å²) in [5.74, 6) is 0.288. The lowest BCUT2D eigenvalue weighted by atomic mass is 10.1. The standard InChI is InChI=1S/C14H15NOS/c1-10(2)17-14-13(4-3-9-15-14)11-5-7-12(16)8-6-11/h3-10,16H,1-2H3. The van der Waals surface area contributed by atoms with Crippen LogP contribution >= 0.6 is 11.8 Å². The van der Waals surface area contributed by atoms with Gasteiger partial charge in [-0.15, -0.1) is 11.8 Å². The highest BCUT2D eigenvalue weighted by Crippen LogP contribution is 2.32. The van der Waals surface area contributed by atoms with Crippen LogP contribution in [0.5, 0.6) is 5.75 Å². The van der Waals surface area contributed by atoms with Gasteiger partial charge in [-0.05, 0) is 23.8 Å². The third-order valence-corrected chi connectivity index (χ3v) is 3.32. The molecule has 3 heteroatoms. The van der Waals surface area contributed by atoms with Crippen molar-refractivity contribution in [1.29, 1.82) is 0 Å². The zero-order chi connectivity index (χ0) is 12.3. The lowest BCUT2D eigenvalue weighted by molar-refractivity contribution is 0.475. The van der Waals surface area contributed by atoms with E-state index in [9.17, 15) is 5.11 Å². The Labute approximate surface area is 106 Å². The maximum absolute atomic E-state index is 9.30. The molecule has 0 bridgehead atoms. The molecule has 0 aliphatic carbocycles. The largest absolute Gasteiger partial charge is 0.508 e. The summed E-state index contributed by atoms with van der Waals surface area (Å²) in [6.45, 7) is 4.31. The lowest BCUT2D eigenvalue weighted by Gasteiger charge is -2.10. The van der Waals surface area contributed by atoms with E-state index in [1.165, 1.54) is 0 Å². The second-order valence-corrected chi connectivity index (χ2v) is 5.63. The highest BCUT2D eigenvalue weighted by atomic mass is 32.2. The third kappa shape index (κ3) is 3.01. The lowest BCUT2D eigenvalue weighted by Crippen LogP contribution is -1.91. The highest BCUT2D eigenvalue weighted by Gasteiger charge is 2.08. The minimum atomic E-state index is 0.288. The van der Waals surface area contributed by atoms with E-state index in [1.54, 1.807) is 23.9 Å². The first-order valence-corrected chi connectivity index (χ1v) is 6.46. The van der Waals surface area contributed by atoms with Gasteiger partial charge in [-0.2, -0.15) is 0 Å². The Morgan fingerprint density at radius 3 is 2.47 bits per heavy atom. The Bertz CT molecular complexity index is 494. The number of phenols is 1. The Balaban J connectivity index is 2.40. The van der Waals surface area contributed by atoms with Crippen molar-refractivity contribution in [2.75, 3.05) is 0 Å². The molecule has 0 unspecified atom stereocenters. The molecule has 1 N–H and O–H groups in total. The predicted molar refractivity (Wildman–Crippen MR) is 72.3 cm³/mol. The fraction of sp³-hybridized carbons (Fsp3) is 0.214. The molecule has 2 aromatic rings. The summed E-state index contributed by atoms with van der Waals surface area (Å²) >= 11 is 1.75. The van der Waals surface area contributed by atoms with Crippen molar-refractivity contribution < 1.29 is 5.11 Å². The first-order chi connectivity index (χ1) is 8.16. The average Bonchev–Trinajstić information content (AvgIpc) is 2.30. The number of thioether (sulfide) groups is 1. The van der Waals surface area contributed by atoms with Gasteiger partial charge < -0.3 is 5.11 Å². The Morgan fingerprint density at radius 1 is 1.12 bits per heavy atom. The Hall–Kier alpha value is -1.48. The van der Waals surface area contributed by atoms with Crippen LogP contribution in [0.3, 0.4) is 0 Å². The summed E-state index contributed by atoms with van der Waals surface area (Å²) in [4.78, 5) is 4.42. The SMILES string of the molecule is CC(C)Sc1ncccc1-c1ccc(O)cc1. The van der Waals surface area contributed by atoms with E-state index in [1.807, 2.05) is 24.4 Å². The highest BCUT2D eigenvalue weighted by molar-refractivity contribution is 7.99. The van der Waals surface area contributed by atoms with E-state index in [0.717, 1.165) is 16.2 Å². The number of benzene rings is 1. The summed E-state index contributed by atoms with van der Waals surface area (Å²) in [6, 6.07) is 11.2. The number of hydrogen-bond acceptors (Lipinski definition) is 3. The van der Waals surface area contributed by atoms with E-state index in [0.29, 0.717) is 5.25 Å². The van der Waals surface area contributed by atoms with Crippen LogP contribution in [0.1, 0.15) is 13.8 Å². The number of phenolic OH excluding ortho intramolecular Hbond substituents is 1. The molecule has 17 heavy (non-hydrogen) atoms. The molecule has 1 heterocycles. The number of nitrogens with zero attached hydrogens (tertiary/aromatic N) is 1. The Kier molecular flexibility index (Phi) is 3.69. The minimum Gasteiger partial charge on any atom is -0.508 e. The van der Waals surface area contributed by atoms with Crippen LogP contribution in [0.2, 0.25) is 0 Å². The molecule has 0 saturated heterocycles. The maximum Gasteiger partial charge on any atom is 0.115 e. The van der Waals surface area contributed by atoms with Crippen LogP contribution in [0.4, 0.5) is 0 Å². The van der Waals surface area contributed by atoms with Crippen molar-refractivity contribution in [2.45, 2.75) is 24.1 Å². The van der Waals surface area contributed by atoms with Crippen LogP contribution in [0, 0.1) is 0 Å². The van der Waals surface area contributed by atoms with E-state index in [2.05, 4.69) is 24.9 Å². The summed E-state index contributed by atoms with van der Waals surface area (Å²) in [6.07, 6.45) is 1.81. The van der Waals surface area contributed by atoms with Crippen molar-refractivity contribution in [3.63, 3.8) is 0 Å². The fourth-order valence-corrected chi connectivity index (χ4v) is 2.45. The molecule has 1 aromatic carbocycles. The maximum atomic E-state index is 9.30. The first-order valence-electron chi connectivity index (χ1n) is 5.58. The van der Waals surface area contributed by atoms with E-state index >= 15 is 0 Å². The second-order valence-electron chi connectivity index (χ2n) is 4.07. The van der Waals surface area contributed by atoms with Crippen molar-refractivity contribution in [1.82, 2.24) is 4.98 Å². The van der Waals surface area contributed by atoms with Crippen molar-refractivity contribution >= 4 is 11.8 Å². The van der Waals surface area contributed by atoms with Gasteiger partial charge in [-0.1, -0.05) is 32.0 Å². The fourth-order valence-electron chi connectivity index (χ4n) is 1.57. The van der Waals surface area contributed by atoms with Crippen LogP contribution < -0.4 is 0 Å². The van der Waals surface area contributed by atoms with Crippen LogP contribution in [-0.4, -0.2) is 15.3 Å². The average molecular weight is 245 g/mol. The van der Waals surface area contributed by atoms with Gasteiger partial charge in [0, 0.05) is 17.0 Å². The molecule has 0 spiro atoms. The number of hydrogen-bond donors (Lipinski definition) is 1. The van der Waals surface area contributed by atoms with Crippen molar-refractivity contribution in [3.8, 4) is 16.9 Å². The molecule has 1 aromatic heterocycles. The number of aromatic hydroxyl groups is 1. The smallest absolute Gasteiger partial charge is 0.115 e. The normalized spacial score (nSPS) is 10.8. The molecule has 0 radical (unpaired) electrons. The van der Waals surface area contributed by atoms with Gasteiger partial charge in [-0.3, -0.25) is 0 Å². The predicted octanol–water partition coefficient (Wildman–Crippen LogP) is 3.95. The number of rotatable bonds is 3. The quantitative estimate of drug-likeness (QED) is 0.831. The summed E-state index contributed by atoms with van der Waals surface area (Å²) in [7, 11) is 0. The van der Waals surface area contributed by atoms with Crippen LogP contribution in [0.25, 0.3) is 11.1 Å². The van der Waals surface area contributed by atoms with E-state index in [4.69, 9.17) is 0 Å². The van der Waals surface area contributed by atoms with Crippen molar-refractivity contribution in [2.24, 2.45) is 0 Å². The molecule has 2 rings (SSSR count). The molecule has 2 nitrogen and oxygen atoms in total. The minimum absolute atomic E-state index is 0.288. The third-order valence-electron chi connectivity index (χ3n) is 2.30. The monoisotopic (exact) mass is 245 g/mol. The number of pyridine rings is 1. The van der Waals surface area contributed by atoms with Crippen LogP contribution in [-0.2, 0) is 0 Å². The molecule has 0 amide bonds. The van der Waals surface area contributed by atoms with Gasteiger partial charge >= 0.3 is 0 Å². The second kappa shape index (κ2) is 5.23. The summed E-state index contributed by atoms with van der Waals surface area (Å²) in [5, 5.41) is 10.8. The molecular weight excluding hydrogens is 230 g/mol. The summed E-state index contributed by atoms with van der Waals surface area (Å²) in [5.41, 5.74) is 2.20.